The first kappa shape index (κ1) is 16.6. The maximum Gasteiger partial charge on any atom is 0.389 e. The first-order chi connectivity index (χ1) is 7.76. The van der Waals surface area contributed by atoms with Gasteiger partial charge in [-0.3, -0.25) is 4.79 Å². The van der Waals surface area contributed by atoms with E-state index in [4.69, 9.17) is 4.74 Å². The molecule has 1 atom stereocenters. The normalized spacial score (nSPS) is 13.8. The van der Waals surface area contributed by atoms with Gasteiger partial charge in [-0.05, 0) is 19.3 Å². The number of ether oxygens (including phenoxy) is 1. The second-order valence-electron chi connectivity index (χ2n) is 4.11. The molecule has 102 valence electrons. The molecule has 0 saturated heterocycles. The van der Waals surface area contributed by atoms with E-state index in [1.807, 2.05) is 13.8 Å². The maximum atomic E-state index is 12.0. The fourth-order valence-electron chi connectivity index (χ4n) is 1.21. The molecule has 0 radical (unpaired) electrons. The zero-order valence-corrected chi connectivity index (χ0v) is 11.2. The Morgan fingerprint density at radius 1 is 1.35 bits per heavy atom. The van der Waals surface area contributed by atoms with Crippen LogP contribution in [0.5, 0.6) is 0 Å². The van der Waals surface area contributed by atoms with E-state index in [1.54, 1.807) is 6.92 Å². The summed E-state index contributed by atoms with van der Waals surface area (Å²) in [4.78, 5) is 11.5. The van der Waals surface area contributed by atoms with Crippen LogP contribution in [0.2, 0.25) is 0 Å². The van der Waals surface area contributed by atoms with Crippen molar-refractivity contribution in [3.8, 4) is 0 Å². The molecule has 0 saturated carbocycles. The molecule has 0 N–H and O–H groups in total. The number of halogens is 3. The van der Waals surface area contributed by atoms with E-state index < -0.39 is 23.8 Å². The summed E-state index contributed by atoms with van der Waals surface area (Å²) in [6, 6.07) is 0. The van der Waals surface area contributed by atoms with Crippen molar-refractivity contribution in [1.29, 1.82) is 0 Å². The highest BCUT2D eigenvalue weighted by Crippen LogP contribution is 2.27. The molecule has 0 heterocycles. The second kappa shape index (κ2) is 7.84. The van der Waals surface area contributed by atoms with Crippen molar-refractivity contribution >= 4 is 17.7 Å². The minimum Gasteiger partial charge on any atom is -0.465 e. The van der Waals surface area contributed by atoms with Crippen LogP contribution in [0.15, 0.2) is 0 Å². The molecule has 0 aromatic carbocycles. The molecular formula is C11H19F3O2S. The molecule has 6 heteroatoms. The Hall–Kier alpha value is -0.390. The Bertz CT molecular complexity index is 229. The van der Waals surface area contributed by atoms with Crippen molar-refractivity contribution in [2.75, 3.05) is 12.4 Å². The number of rotatable bonds is 7. The average Bonchev–Trinajstić information content (AvgIpc) is 2.14. The van der Waals surface area contributed by atoms with E-state index in [9.17, 15) is 18.0 Å². The van der Waals surface area contributed by atoms with Gasteiger partial charge in [-0.15, -0.1) is 11.8 Å². The summed E-state index contributed by atoms with van der Waals surface area (Å²) in [6.07, 6.45) is -4.49. The number of hydrogen-bond acceptors (Lipinski definition) is 3. The van der Waals surface area contributed by atoms with E-state index in [2.05, 4.69) is 0 Å². The molecule has 0 bridgehead atoms. The van der Waals surface area contributed by atoms with Gasteiger partial charge in [0, 0.05) is 5.75 Å². The van der Waals surface area contributed by atoms with Crippen LogP contribution in [0, 0.1) is 5.92 Å². The third kappa shape index (κ3) is 9.32. The van der Waals surface area contributed by atoms with Crippen molar-refractivity contribution in [2.24, 2.45) is 5.92 Å². The largest absolute Gasteiger partial charge is 0.465 e. The molecule has 1 unspecified atom stereocenters. The Balaban J connectivity index is 4.15. The maximum absolute atomic E-state index is 12.0. The summed E-state index contributed by atoms with van der Waals surface area (Å²) in [5, 5.41) is -0.489. The van der Waals surface area contributed by atoms with E-state index in [0.29, 0.717) is 6.42 Å². The first-order valence-corrected chi connectivity index (χ1v) is 6.66. The van der Waals surface area contributed by atoms with Gasteiger partial charge in [0.15, 0.2) is 0 Å². The monoisotopic (exact) mass is 272 g/mol. The highest BCUT2D eigenvalue weighted by atomic mass is 32.2. The lowest BCUT2D eigenvalue weighted by atomic mass is 10.1. The third-order valence-electron chi connectivity index (χ3n) is 1.94. The van der Waals surface area contributed by atoms with Gasteiger partial charge in [-0.1, -0.05) is 13.8 Å². The van der Waals surface area contributed by atoms with Crippen molar-refractivity contribution < 1.29 is 22.7 Å². The summed E-state index contributed by atoms with van der Waals surface area (Å²) >= 11 is 1.03. The summed E-state index contributed by atoms with van der Waals surface area (Å²) in [5.74, 6) is -0.254. The molecule has 0 aromatic rings. The summed E-state index contributed by atoms with van der Waals surface area (Å²) in [7, 11) is 0. The van der Waals surface area contributed by atoms with Crippen LogP contribution in [-0.2, 0) is 9.53 Å². The van der Waals surface area contributed by atoms with Gasteiger partial charge in [0.2, 0.25) is 0 Å². The third-order valence-corrected chi connectivity index (χ3v) is 3.17. The highest BCUT2D eigenvalue weighted by molar-refractivity contribution is 8.00. The van der Waals surface area contributed by atoms with Crippen LogP contribution in [0.1, 0.15) is 33.6 Å². The average molecular weight is 272 g/mol. The SMILES string of the molecule is CCOC(=O)C(CC(C)C)SCCC(F)(F)F. The van der Waals surface area contributed by atoms with Gasteiger partial charge >= 0.3 is 12.1 Å². The van der Waals surface area contributed by atoms with Crippen molar-refractivity contribution in [2.45, 2.75) is 45.0 Å². The molecule has 0 amide bonds. The Kier molecular flexibility index (Phi) is 7.66. The lowest BCUT2D eigenvalue weighted by molar-refractivity contribution is -0.143. The Morgan fingerprint density at radius 3 is 2.35 bits per heavy atom. The van der Waals surface area contributed by atoms with Gasteiger partial charge in [0.05, 0.1) is 13.0 Å². The first-order valence-electron chi connectivity index (χ1n) is 5.61. The van der Waals surface area contributed by atoms with Crippen LogP contribution in [0.3, 0.4) is 0 Å². The molecule has 17 heavy (non-hydrogen) atoms. The van der Waals surface area contributed by atoms with E-state index in [0.717, 1.165) is 11.8 Å². The number of carbonyl (C=O) groups excluding carboxylic acids is 1. The van der Waals surface area contributed by atoms with E-state index in [1.165, 1.54) is 0 Å². The minimum atomic E-state index is -4.16. The molecule has 0 rings (SSSR count). The van der Waals surface area contributed by atoms with Crippen LogP contribution in [-0.4, -0.2) is 29.8 Å². The molecule has 0 fully saturated rings. The summed E-state index contributed by atoms with van der Waals surface area (Å²) in [5.41, 5.74) is 0. The van der Waals surface area contributed by atoms with Crippen molar-refractivity contribution in [1.82, 2.24) is 0 Å². The highest BCUT2D eigenvalue weighted by Gasteiger charge is 2.28. The van der Waals surface area contributed by atoms with Gasteiger partial charge in [-0.2, -0.15) is 13.2 Å². The molecular weight excluding hydrogens is 253 g/mol. The topological polar surface area (TPSA) is 26.3 Å². The van der Waals surface area contributed by atoms with Crippen molar-refractivity contribution in [3.05, 3.63) is 0 Å². The van der Waals surface area contributed by atoms with Crippen LogP contribution in [0.4, 0.5) is 13.2 Å². The second-order valence-corrected chi connectivity index (χ2v) is 5.42. The smallest absolute Gasteiger partial charge is 0.389 e. The number of carbonyl (C=O) groups is 1. The molecule has 0 aliphatic carbocycles. The molecule has 0 aliphatic rings. The van der Waals surface area contributed by atoms with E-state index >= 15 is 0 Å². The predicted molar refractivity (Wildman–Crippen MR) is 63.0 cm³/mol. The number of alkyl halides is 3. The van der Waals surface area contributed by atoms with Gasteiger partial charge in [-0.25, -0.2) is 0 Å². The van der Waals surface area contributed by atoms with Gasteiger partial charge in [0.25, 0.3) is 0 Å². The molecule has 0 aromatic heterocycles. The lowest BCUT2D eigenvalue weighted by Gasteiger charge is -2.17. The zero-order chi connectivity index (χ0) is 13.5. The number of hydrogen-bond donors (Lipinski definition) is 0. The summed E-state index contributed by atoms with van der Waals surface area (Å²) < 4.78 is 40.8. The molecule has 0 aliphatic heterocycles. The lowest BCUT2D eigenvalue weighted by Crippen LogP contribution is -2.23. The van der Waals surface area contributed by atoms with E-state index in [-0.39, 0.29) is 18.3 Å². The molecule has 0 spiro atoms. The Morgan fingerprint density at radius 2 is 1.94 bits per heavy atom. The Labute approximate surface area is 104 Å². The number of esters is 1. The quantitative estimate of drug-likeness (QED) is 0.662. The minimum absolute atomic E-state index is 0.0975. The number of thioether (sulfide) groups is 1. The zero-order valence-electron chi connectivity index (χ0n) is 10.3. The van der Waals surface area contributed by atoms with Gasteiger partial charge in [0.1, 0.15) is 5.25 Å². The summed E-state index contributed by atoms with van der Waals surface area (Å²) in [6.45, 7) is 5.80. The standard InChI is InChI=1S/C11H19F3O2S/c1-4-16-10(15)9(7-8(2)3)17-6-5-11(12,13)14/h8-9H,4-7H2,1-3H3. The van der Waals surface area contributed by atoms with Crippen molar-refractivity contribution in [3.63, 3.8) is 0 Å². The fourth-order valence-corrected chi connectivity index (χ4v) is 2.57. The van der Waals surface area contributed by atoms with Gasteiger partial charge < -0.3 is 4.74 Å². The predicted octanol–water partition coefficient (Wildman–Crippen LogP) is 3.65. The fraction of sp³-hybridized carbons (Fsp3) is 0.909. The molecule has 2 nitrogen and oxygen atoms in total. The van der Waals surface area contributed by atoms with Crippen LogP contribution < -0.4 is 0 Å². The van der Waals surface area contributed by atoms with Crippen LogP contribution >= 0.6 is 11.8 Å². The van der Waals surface area contributed by atoms with Crippen LogP contribution in [0.25, 0.3) is 0 Å².